The van der Waals surface area contributed by atoms with E-state index in [-0.39, 0.29) is 0 Å². The molecule has 0 saturated carbocycles. The number of benzene rings is 1. The minimum atomic E-state index is 0.844. The number of rotatable bonds is 2. The molecular weight excluding hydrogens is 307 g/mol. The molecule has 0 aliphatic carbocycles. The lowest BCUT2D eigenvalue weighted by Crippen LogP contribution is -1.90. The summed E-state index contributed by atoms with van der Waals surface area (Å²) < 4.78 is 5.00. The van der Waals surface area contributed by atoms with Crippen molar-refractivity contribution in [3.05, 3.63) is 44.2 Å². The van der Waals surface area contributed by atoms with Crippen LogP contribution in [0.25, 0.3) is 0 Å². The number of hydrogen-bond donors (Lipinski definition) is 0. The third kappa shape index (κ3) is 2.30. The Labute approximate surface area is 101 Å². The molecule has 1 aromatic carbocycles. The first kappa shape index (κ1) is 10.0. The summed E-state index contributed by atoms with van der Waals surface area (Å²) in [5, 5.41) is 1.09. The predicted molar refractivity (Wildman–Crippen MR) is 66.6 cm³/mol. The van der Waals surface area contributed by atoms with Gasteiger partial charge >= 0.3 is 0 Å². The van der Waals surface area contributed by atoms with Gasteiger partial charge in [0.25, 0.3) is 0 Å². The summed E-state index contributed by atoms with van der Waals surface area (Å²) in [5.74, 6) is 0. The van der Waals surface area contributed by atoms with Crippen LogP contribution in [0.3, 0.4) is 0 Å². The van der Waals surface area contributed by atoms with Crippen molar-refractivity contribution in [2.45, 2.75) is 13.3 Å². The lowest BCUT2D eigenvalue weighted by Gasteiger charge is -2.01. The van der Waals surface area contributed by atoms with Crippen LogP contribution in [0.4, 0.5) is 0 Å². The van der Waals surface area contributed by atoms with E-state index in [4.69, 9.17) is 0 Å². The van der Waals surface area contributed by atoms with Crippen molar-refractivity contribution < 1.29 is 0 Å². The number of aryl methyl sites for hydroxylation is 1. The molecule has 0 atom stereocenters. The van der Waals surface area contributed by atoms with Gasteiger partial charge in [-0.2, -0.15) is 4.37 Å². The monoisotopic (exact) mass is 316 g/mol. The first-order chi connectivity index (χ1) is 6.75. The maximum absolute atomic E-state index is 4.34. The molecule has 0 amide bonds. The van der Waals surface area contributed by atoms with Gasteiger partial charge in [-0.05, 0) is 29.6 Å². The first-order valence-corrected chi connectivity index (χ1v) is 6.13. The van der Waals surface area contributed by atoms with E-state index in [9.17, 15) is 0 Å². The van der Waals surface area contributed by atoms with Gasteiger partial charge in [0.1, 0.15) is 5.01 Å². The van der Waals surface area contributed by atoms with Crippen LogP contribution >= 0.6 is 34.1 Å². The van der Waals surface area contributed by atoms with Crippen molar-refractivity contribution in [3.63, 3.8) is 0 Å². The summed E-state index contributed by atoms with van der Waals surface area (Å²) in [6.45, 7) is 2.13. The van der Waals surface area contributed by atoms with Crippen molar-refractivity contribution >= 4 is 34.1 Å². The molecule has 1 heterocycles. The van der Waals surface area contributed by atoms with E-state index in [1.54, 1.807) is 0 Å². The molecule has 0 spiro atoms. The third-order valence-electron chi connectivity index (χ3n) is 2.05. The van der Waals surface area contributed by atoms with E-state index >= 15 is 0 Å². The largest absolute Gasteiger partial charge is 0.214 e. The summed E-state index contributed by atoms with van der Waals surface area (Å²) in [4.78, 5) is 4.34. The standard InChI is InChI=1S/C10H9IN2S/c1-7-4-2-3-5-8(7)6-9-12-10(11)13-14-9/h2-5H,6H2,1H3. The van der Waals surface area contributed by atoms with E-state index < -0.39 is 0 Å². The van der Waals surface area contributed by atoms with Gasteiger partial charge in [0.15, 0.2) is 0 Å². The molecule has 4 heteroatoms. The predicted octanol–water partition coefficient (Wildman–Crippen LogP) is 3.04. The molecule has 0 radical (unpaired) electrons. The van der Waals surface area contributed by atoms with Gasteiger partial charge in [0.2, 0.25) is 3.83 Å². The highest BCUT2D eigenvalue weighted by atomic mass is 127. The number of aromatic nitrogens is 2. The first-order valence-electron chi connectivity index (χ1n) is 4.28. The zero-order valence-electron chi connectivity index (χ0n) is 7.70. The van der Waals surface area contributed by atoms with Gasteiger partial charge in [0.05, 0.1) is 0 Å². The highest BCUT2D eigenvalue weighted by molar-refractivity contribution is 14.1. The van der Waals surface area contributed by atoms with Gasteiger partial charge in [-0.1, -0.05) is 24.3 Å². The zero-order chi connectivity index (χ0) is 9.97. The van der Waals surface area contributed by atoms with Gasteiger partial charge in [-0.15, -0.1) is 0 Å². The van der Waals surface area contributed by atoms with Crippen LogP contribution in [-0.2, 0) is 6.42 Å². The molecule has 0 fully saturated rings. The number of nitrogens with zero attached hydrogens (tertiary/aromatic N) is 2. The lowest BCUT2D eigenvalue weighted by atomic mass is 10.1. The molecule has 0 bridgehead atoms. The van der Waals surface area contributed by atoms with Crippen LogP contribution in [0.15, 0.2) is 24.3 Å². The summed E-state index contributed by atoms with van der Waals surface area (Å²) in [6, 6.07) is 8.39. The second kappa shape index (κ2) is 4.35. The average Bonchev–Trinajstić information content (AvgIpc) is 2.56. The molecule has 2 rings (SSSR count). The summed E-state index contributed by atoms with van der Waals surface area (Å²) in [5.41, 5.74) is 2.65. The second-order valence-electron chi connectivity index (χ2n) is 3.06. The molecule has 2 aromatic rings. The molecule has 0 unspecified atom stereocenters. The van der Waals surface area contributed by atoms with Crippen molar-refractivity contribution in [1.29, 1.82) is 0 Å². The van der Waals surface area contributed by atoms with Gasteiger partial charge < -0.3 is 0 Å². The Balaban J connectivity index is 2.23. The SMILES string of the molecule is Cc1ccccc1Cc1nc(I)ns1. The van der Waals surface area contributed by atoms with E-state index in [0.29, 0.717) is 0 Å². The van der Waals surface area contributed by atoms with Crippen molar-refractivity contribution in [2.75, 3.05) is 0 Å². The second-order valence-corrected chi connectivity index (χ2v) is 4.86. The van der Waals surface area contributed by atoms with Crippen LogP contribution in [0.1, 0.15) is 16.1 Å². The molecule has 0 N–H and O–H groups in total. The van der Waals surface area contributed by atoms with E-state index in [1.807, 2.05) is 0 Å². The quantitative estimate of drug-likeness (QED) is 0.796. The van der Waals surface area contributed by atoms with Crippen LogP contribution in [0.2, 0.25) is 0 Å². The lowest BCUT2D eigenvalue weighted by molar-refractivity contribution is 1.09. The molecule has 0 aliphatic rings. The number of halogens is 1. The molecular formula is C10H9IN2S. The van der Waals surface area contributed by atoms with Crippen molar-refractivity contribution in [1.82, 2.24) is 9.36 Å². The Morgan fingerprint density at radius 1 is 1.36 bits per heavy atom. The smallest absolute Gasteiger partial charge is 0.203 e. The minimum Gasteiger partial charge on any atom is -0.214 e. The van der Waals surface area contributed by atoms with Crippen molar-refractivity contribution in [3.8, 4) is 0 Å². The van der Waals surface area contributed by atoms with Crippen LogP contribution in [0, 0.1) is 10.8 Å². The Morgan fingerprint density at radius 2 is 2.14 bits per heavy atom. The molecule has 14 heavy (non-hydrogen) atoms. The Bertz CT molecular complexity index is 439. The molecule has 2 nitrogen and oxygen atoms in total. The van der Waals surface area contributed by atoms with E-state index in [2.05, 4.69) is 63.1 Å². The molecule has 72 valence electrons. The zero-order valence-corrected chi connectivity index (χ0v) is 10.7. The van der Waals surface area contributed by atoms with E-state index in [1.165, 1.54) is 22.7 Å². The summed E-state index contributed by atoms with van der Waals surface area (Å²) >= 11 is 3.62. The maximum Gasteiger partial charge on any atom is 0.203 e. The maximum atomic E-state index is 4.34. The van der Waals surface area contributed by atoms with E-state index in [0.717, 1.165) is 15.3 Å². The van der Waals surface area contributed by atoms with Crippen LogP contribution in [0.5, 0.6) is 0 Å². The average molecular weight is 316 g/mol. The minimum absolute atomic E-state index is 0.844. The summed E-state index contributed by atoms with van der Waals surface area (Å²) in [6.07, 6.45) is 0.896. The fourth-order valence-corrected chi connectivity index (χ4v) is 2.60. The Kier molecular flexibility index (Phi) is 3.12. The topological polar surface area (TPSA) is 25.8 Å². The fraction of sp³-hybridized carbons (Fsp3) is 0.200. The Hall–Kier alpha value is -0.490. The fourth-order valence-electron chi connectivity index (χ4n) is 1.28. The normalized spacial score (nSPS) is 10.4. The van der Waals surface area contributed by atoms with Crippen LogP contribution in [-0.4, -0.2) is 9.36 Å². The number of hydrogen-bond acceptors (Lipinski definition) is 3. The van der Waals surface area contributed by atoms with Gasteiger partial charge in [-0.3, -0.25) is 0 Å². The molecule has 0 saturated heterocycles. The van der Waals surface area contributed by atoms with Crippen LogP contribution < -0.4 is 0 Å². The molecule has 1 aromatic heterocycles. The van der Waals surface area contributed by atoms with Crippen molar-refractivity contribution in [2.24, 2.45) is 0 Å². The third-order valence-corrected chi connectivity index (χ3v) is 3.57. The van der Waals surface area contributed by atoms with Gasteiger partial charge in [0, 0.05) is 29.0 Å². The van der Waals surface area contributed by atoms with Gasteiger partial charge in [-0.25, -0.2) is 4.98 Å². The summed E-state index contributed by atoms with van der Waals surface area (Å²) in [7, 11) is 0. The molecule has 0 aliphatic heterocycles. The Morgan fingerprint density at radius 3 is 2.79 bits per heavy atom. The highest BCUT2D eigenvalue weighted by Gasteiger charge is 2.04. The highest BCUT2D eigenvalue weighted by Crippen LogP contribution is 2.15.